The van der Waals surface area contributed by atoms with Crippen LogP contribution in [0.5, 0.6) is 0 Å². The molecular formula is C27H37N3O7S. The van der Waals surface area contributed by atoms with E-state index in [1.165, 1.54) is 0 Å². The Balaban J connectivity index is 2.37. The fourth-order valence-electron chi connectivity index (χ4n) is 2.34. The number of anilines is 1. The summed E-state index contributed by atoms with van der Waals surface area (Å²) in [4.78, 5) is 12.0. The van der Waals surface area contributed by atoms with Gasteiger partial charge in [-0.3, -0.25) is 0 Å². The summed E-state index contributed by atoms with van der Waals surface area (Å²) in [6.07, 6.45) is -27.8. The Kier molecular flexibility index (Phi) is 2.40. The Morgan fingerprint density at radius 1 is 1.39 bits per heavy atom. The quantitative estimate of drug-likeness (QED) is 0.305. The van der Waals surface area contributed by atoms with Gasteiger partial charge in [0.1, 0.15) is 6.08 Å². The molecule has 38 heavy (non-hydrogen) atoms. The summed E-state index contributed by atoms with van der Waals surface area (Å²) in [5, 5.41) is 2.26. The fourth-order valence-corrected chi connectivity index (χ4v) is 3.30. The molecule has 11 heteroatoms. The van der Waals surface area contributed by atoms with Crippen LogP contribution in [0.1, 0.15) is 70.9 Å². The highest BCUT2D eigenvalue weighted by Gasteiger charge is 2.44. The van der Waals surface area contributed by atoms with Gasteiger partial charge in [-0.05, 0) is 48.4 Å². The second-order valence-electron chi connectivity index (χ2n) is 6.35. The van der Waals surface area contributed by atoms with E-state index < -0.39 is 191 Å². The highest BCUT2D eigenvalue weighted by molar-refractivity contribution is 7.89. The summed E-state index contributed by atoms with van der Waals surface area (Å²) in [5.41, 5.74) is -4.34. The van der Waals surface area contributed by atoms with Gasteiger partial charge in [-0.2, -0.15) is 4.31 Å². The number of nitrogens with one attached hydrogen (secondary N) is 1. The predicted molar refractivity (Wildman–Crippen MR) is 142 cm³/mol. The standard InChI is InChI=1S/C27H37N3O7S/c1-18(2)15-30(38(33,34)21-10-8-20(28)9-11-21)16-24(31)23(14-19-6-4-3-5-7-19)29-27(32)37-25-17-36-26-22(25)12-13-35-26/h3-11,18,22-26,31H,12-17,28H2,1-2H3,(H,29,32)/t22?,23-,24+,25-,26?/m0/s1/i1D3,2D3,3D,4D,5D,6D,7D,8D,9D,10D,11D,12D2,13D2,14D2,15D2,16D2,17D2,18D,22D,23D,24D,25D,26D,31D/hD3. The smallest absolute Gasteiger partial charge is 0.407 e. The molecule has 0 bridgehead atoms. The molecule has 2 fully saturated rings. The number of benzene rings is 2. The molecule has 4 rings (SSSR count). The number of amides is 1. The molecule has 2 aromatic rings. The van der Waals surface area contributed by atoms with Gasteiger partial charge < -0.3 is 30.3 Å². The molecular weight excluding hydrogens is 510 g/mol. The molecule has 2 aliphatic rings. The number of carbonyl (C=O) groups excluding carboxylic acids is 1. The van der Waals surface area contributed by atoms with Crippen molar-refractivity contribution in [2.45, 2.75) is 55.8 Å². The molecule has 10 nitrogen and oxygen atoms in total. The van der Waals surface area contributed by atoms with E-state index in [4.69, 9.17) is 42.7 Å². The number of fused-ring (bicyclic) bond motifs is 1. The maximum atomic E-state index is 15.2. The van der Waals surface area contributed by atoms with E-state index in [1.54, 1.807) is 0 Å². The number of carbonyl (C=O) groups is 1. The Morgan fingerprint density at radius 2 is 2.18 bits per heavy atom. The van der Waals surface area contributed by atoms with Crippen LogP contribution >= 0.6 is 0 Å². The van der Waals surface area contributed by atoms with Crippen molar-refractivity contribution >= 4 is 21.8 Å². The third-order valence-electron chi connectivity index (χ3n) is 3.84. The summed E-state index contributed by atoms with van der Waals surface area (Å²) in [7, 11) is -7.48. The van der Waals surface area contributed by atoms with Crippen LogP contribution in [0.25, 0.3) is 0 Å². The van der Waals surface area contributed by atoms with Crippen molar-refractivity contribution in [2.75, 3.05) is 31.8 Å². The maximum absolute atomic E-state index is 15.2. The van der Waals surface area contributed by atoms with Crippen LogP contribution in [0.3, 0.4) is 0 Å². The molecule has 5 atom stereocenters. The summed E-state index contributed by atoms with van der Waals surface area (Å²) >= 11 is 0. The van der Waals surface area contributed by atoms with Crippen molar-refractivity contribution in [1.29, 1.82) is 1.43 Å². The second-order valence-corrected chi connectivity index (χ2v) is 8.08. The molecule has 0 radical (unpaired) electrons. The van der Waals surface area contributed by atoms with Gasteiger partial charge in [0.15, 0.2) is 10.5 Å². The van der Waals surface area contributed by atoms with Gasteiger partial charge >= 0.3 is 6.09 Å². The zero-order chi connectivity index (χ0) is 59.6. The van der Waals surface area contributed by atoms with Crippen molar-refractivity contribution in [3.63, 3.8) is 0 Å². The molecule has 2 saturated heterocycles. The molecule has 2 aromatic carbocycles. The van der Waals surface area contributed by atoms with Gasteiger partial charge in [-0.1, -0.05) is 43.9 Å². The van der Waals surface area contributed by atoms with Crippen LogP contribution in [0.2, 0.25) is 4.24 Å². The summed E-state index contributed by atoms with van der Waals surface area (Å²) in [5.74, 6) is -9.82. The lowest BCUT2D eigenvalue weighted by Gasteiger charge is -2.31. The minimum absolute atomic E-state index is 0.674. The summed E-state index contributed by atoms with van der Waals surface area (Å²) in [6, 6.07) is -22.3. The number of rotatable bonds is 13. The van der Waals surface area contributed by atoms with Crippen molar-refractivity contribution in [1.82, 2.24) is 9.62 Å². The summed E-state index contributed by atoms with van der Waals surface area (Å²) < 4.78 is 353. The number of ether oxygens (including phenoxy) is 3. The first-order valence-electron chi connectivity index (χ1n) is 27.7. The Morgan fingerprint density at radius 3 is 2.89 bits per heavy atom. The van der Waals surface area contributed by atoms with Gasteiger partial charge in [0, 0.05) is 40.6 Å². The Labute approximate surface area is 276 Å². The molecule has 0 aromatic heterocycles. The van der Waals surface area contributed by atoms with Crippen LogP contribution in [-0.4, -0.2) is 75.9 Å². The number of hydrogen-bond acceptors (Lipinski definition) is 8. The molecule has 1 amide bonds. The molecule has 2 unspecified atom stereocenters. The fraction of sp³-hybridized carbons (Fsp3) is 0.519. The van der Waals surface area contributed by atoms with Crippen LogP contribution in [0.4, 0.5) is 10.5 Å². The zero-order valence-electron chi connectivity index (χ0n) is 55.1. The van der Waals surface area contributed by atoms with Crippen LogP contribution in [-0.2, 0) is 30.6 Å². The van der Waals surface area contributed by atoms with E-state index in [0.717, 1.165) is 0 Å². The molecule has 0 spiro atoms. The molecule has 2 heterocycles. The third kappa shape index (κ3) is 7.03. The van der Waals surface area contributed by atoms with Crippen LogP contribution in [0.15, 0.2) is 59.3 Å². The second kappa shape index (κ2) is 12.4. The summed E-state index contributed by atoms with van der Waals surface area (Å²) in [6.45, 7) is -29.9. The lowest BCUT2D eigenvalue weighted by Crippen LogP contribution is -2.51. The number of nitrogens with zero attached hydrogens (tertiary/aromatic N) is 1. The molecule has 4 N–H and O–H groups in total. The van der Waals surface area contributed by atoms with E-state index in [2.05, 4.69) is 19.3 Å². The van der Waals surface area contributed by atoms with Crippen molar-refractivity contribution < 1.29 is 82.0 Å². The molecule has 0 saturated carbocycles. The van der Waals surface area contributed by atoms with E-state index in [0.29, 0.717) is 0 Å². The molecule has 0 aliphatic carbocycles. The first-order valence-corrected chi connectivity index (χ1v) is 10.9. The highest BCUT2D eigenvalue weighted by Crippen LogP contribution is 2.33. The third-order valence-corrected chi connectivity index (χ3v) is 5.23. The van der Waals surface area contributed by atoms with Crippen molar-refractivity contribution in [2.24, 2.45) is 11.8 Å². The number of alkyl carbamates (subject to hydrolysis) is 1. The average molecular weight is 585 g/mol. The first-order chi connectivity index (χ1) is 32.9. The van der Waals surface area contributed by atoms with E-state index in [1.807, 2.05) is 0 Å². The predicted octanol–water partition coefficient (Wildman–Crippen LogP) is 2.38. The maximum Gasteiger partial charge on any atom is 0.407 e. The van der Waals surface area contributed by atoms with E-state index in [9.17, 15) is 13.0 Å². The van der Waals surface area contributed by atoms with E-state index >= 15 is 8.42 Å². The van der Waals surface area contributed by atoms with Gasteiger partial charge in [-0.15, -0.1) is 0 Å². The van der Waals surface area contributed by atoms with Gasteiger partial charge in [0.25, 0.3) is 0 Å². The topological polar surface area (TPSA) is 140 Å². The SMILES string of the molecule is [2H]O[C@]([2H])(C([2H])([2H])N(C([2H])([2H])C([2H])(C([2H])([2H])[2H])C([2H])([2H])[2H])S(=O)(=O)c1c([2H])c([2H])c(N([2H])[2H])c([2H])c1[2H])[C@@]([2H])(N([2H])C(=O)O[C@@]1([2H])C([2H])([2H])OC2([2H])OC([2H])([2H])C([2H])([2H])C21[2H])C([2H])([2H])c1c([2H])c([2H])c([2H])c([2H])c1[2H]. The number of sulfonamides is 1. The Hall–Kier alpha value is -2.70. The first kappa shape index (κ1) is 7.32. The van der Waals surface area contributed by atoms with Crippen molar-refractivity contribution in [3.8, 4) is 0 Å². The van der Waals surface area contributed by atoms with Crippen molar-refractivity contribution in [3.05, 3.63) is 59.9 Å². The van der Waals surface area contributed by atoms with Gasteiger partial charge in [0.05, 0.1) is 59.3 Å². The number of nitrogens with two attached hydrogens (primary N) is 1. The van der Waals surface area contributed by atoms with Crippen LogP contribution in [0, 0.1) is 11.8 Å². The lowest BCUT2D eigenvalue weighted by molar-refractivity contribution is -0.0907. The Bertz CT molecular complexity index is 2720. The van der Waals surface area contributed by atoms with E-state index in [-0.39, 0.29) is 0 Å². The minimum atomic E-state index is -7.48. The lowest BCUT2D eigenvalue weighted by atomic mass is 10.0. The number of hydrogen-bond donors (Lipinski definition) is 3. The monoisotopic (exact) mass is 584 g/mol. The van der Waals surface area contributed by atoms with Gasteiger partial charge in [-0.25, -0.2) is 13.2 Å². The average Bonchev–Trinajstić information content (AvgIpc) is 3.41. The number of aliphatic hydroxyl groups is 1. The normalized spacial score (nSPS) is 50.3. The minimum Gasteiger partial charge on any atom is -0.443 e. The molecule has 2 aliphatic heterocycles. The zero-order valence-corrected chi connectivity index (χ0v) is 18.9. The van der Waals surface area contributed by atoms with Gasteiger partial charge in [0.2, 0.25) is 11.5 Å². The number of nitrogen functional groups attached to an aromatic ring is 1. The molecule has 208 valence electrons. The highest BCUT2D eigenvalue weighted by atomic mass is 32.2. The van der Waals surface area contributed by atoms with Crippen LogP contribution < -0.4 is 11.0 Å². The largest absolute Gasteiger partial charge is 0.443 e.